The van der Waals surface area contributed by atoms with Crippen molar-refractivity contribution >= 4 is 26.3 Å². The summed E-state index contributed by atoms with van der Waals surface area (Å²) in [5, 5.41) is 0. The van der Waals surface area contributed by atoms with Crippen molar-refractivity contribution in [2.45, 2.75) is 19.8 Å². The third-order valence-electron chi connectivity index (χ3n) is 2.31. The topological polar surface area (TPSA) is 17.1 Å². The van der Waals surface area contributed by atoms with Gasteiger partial charge in [-0.25, -0.2) is 0 Å². The van der Waals surface area contributed by atoms with E-state index in [1.165, 1.54) is 18.9 Å². The van der Waals surface area contributed by atoms with Crippen LogP contribution in [0.15, 0.2) is 12.7 Å². The number of alkyl halides is 2. The Balaban J connectivity index is 2.76. The van der Waals surface area contributed by atoms with E-state index in [4.69, 9.17) is 0 Å². The van der Waals surface area contributed by atoms with Gasteiger partial charge in [0.15, 0.2) is 0 Å². The third-order valence-corrected chi connectivity index (χ3v) is 11.0. The summed E-state index contributed by atoms with van der Waals surface area (Å²) in [7, 11) is 0. The second kappa shape index (κ2) is 3.81. The molecule has 1 aliphatic heterocycles. The van der Waals surface area contributed by atoms with Crippen LogP contribution < -0.4 is 0 Å². The molecule has 1 saturated heterocycles. The van der Waals surface area contributed by atoms with Crippen molar-refractivity contribution in [3.63, 3.8) is 0 Å². The molecule has 1 fully saturated rings. The molecule has 0 amide bonds. The molecule has 0 aromatic heterocycles. The molecule has 0 spiro atoms. The summed E-state index contributed by atoms with van der Waals surface area (Å²) in [5.41, 5.74) is 0. The van der Waals surface area contributed by atoms with Crippen molar-refractivity contribution in [2.24, 2.45) is 5.92 Å². The van der Waals surface area contributed by atoms with Crippen molar-refractivity contribution in [1.29, 1.82) is 0 Å². The first-order chi connectivity index (χ1) is 5.58. The Kier molecular flexibility index (Phi) is 3.21. The molecule has 0 aromatic carbocycles. The molecule has 1 unspecified atom stereocenters. The number of hydrogen-bond acceptors (Lipinski definition) is 1. The van der Waals surface area contributed by atoms with Crippen LogP contribution in [0.3, 0.4) is 0 Å². The fraction of sp³-hybridized carbons (Fsp3) is 0.600. The van der Waals surface area contributed by atoms with Crippen LogP contribution in [0.1, 0.15) is 19.8 Å². The fourth-order valence-corrected chi connectivity index (χ4v) is 9.23. The Morgan fingerprint density at radius 2 is 2.33 bits per heavy atom. The van der Waals surface area contributed by atoms with E-state index in [9.17, 15) is 4.79 Å². The van der Waals surface area contributed by atoms with E-state index in [2.05, 4.69) is 18.0 Å². The van der Waals surface area contributed by atoms with Gasteiger partial charge in [0.1, 0.15) is 0 Å². The number of hydrogen-bond donors (Lipinski definition) is 0. The van der Waals surface area contributed by atoms with Gasteiger partial charge in [-0.15, -0.1) is 0 Å². The van der Waals surface area contributed by atoms with Gasteiger partial charge in [-0.05, 0) is 0 Å². The average Bonchev–Trinajstić information content (AvgIpc) is 2.02. The molecule has 2 heteroatoms. The summed E-state index contributed by atoms with van der Waals surface area (Å²) in [5.74, 6) is 0.719. The predicted octanol–water partition coefficient (Wildman–Crippen LogP) is 2.60. The molecule has 0 aromatic rings. The van der Waals surface area contributed by atoms with Crippen molar-refractivity contribution in [3.8, 4) is 0 Å². The summed E-state index contributed by atoms with van der Waals surface area (Å²) in [6.07, 6.45) is 3.99. The Labute approximate surface area is 78.2 Å². The Morgan fingerprint density at radius 1 is 1.67 bits per heavy atom. The van der Waals surface area contributed by atoms with Gasteiger partial charge in [0, 0.05) is 0 Å². The van der Waals surface area contributed by atoms with E-state index in [1.54, 1.807) is 0 Å². The molecular formula is C10H17IO. The van der Waals surface area contributed by atoms with E-state index in [0.29, 0.717) is 3.79 Å². The zero-order valence-electron chi connectivity index (χ0n) is 7.68. The number of carbonyl (C=O) groups excluding carboxylic acids is 1. The summed E-state index contributed by atoms with van der Waals surface area (Å²) in [4.78, 5) is 11.5. The molecule has 2 atom stereocenters. The Bertz CT molecular complexity index is 242. The maximum absolute atomic E-state index is 11.5. The predicted molar refractivity (Wildman–Crippen MR) is 64.5 cm³/mol. The Hall–Kier alpha value is 0.01000. The van der Waals surface area contributed by atoms with Crippen LogP contribution in [0, 0.1) is 5.92 Å². The number of carbonyl (C=O) groups is 1. The van der Waals surface area contributed by atoms with Gasteiger partial charge in [-0.1, -0.05) is 0 Å². The minimum absolute atomic E-state index is 0.299. The standard InChI is InChI=1S/C10H17IO/c1-4-10(12)11(3)7-5-6-9(2)8-11/h4,9H,1,3,5-8H2,2H3/t9-/m1/s1. The monoisotopic (exact) mass is 280 g/mol. The third kappa shape index (κ3) is 2.03. The molecule has 0 N–H and O–H groups in total. The van der Waals surface area contributed by atoms with Crippen LogP contribution in [0.5, 0.6) is 0 Å². The van der Waals surface area contributed by atoms with Crippen LogP contribution in [0.25, 0.3) is 0 Å². The maximum atomic E-state index is 11.5. The summed E-state index contributed by atoms with van der Waals surface area (Å²) in [6, 6.07) is 0. The van der Waals surface area contributed by atoms with E-state index in [1.807, 2.05) is 0 Å². The van der Waals surface area contributed by atoms with Crippen molar-refractivity contribution in [1.82, 2.24) is 0 Å². The molecule has 12 heavy (non-hydrogen) atoms. The quantitative estimate of drug-likeness (QED) is 0.329. The summed E-state index contributed by atoms with van der Waals surface area (Å²) in [6.45, 7) is 5.80. The molecule has 1 heterocycles. The summed E-state index contributed by atoms with van der Waals surface area (Å²) < 4.78 is 6.73. The van der Waals surface area contributed by atoms with Crippen molar-refractivity contribution in [3.05, 3.63) is 12.7 Å². The van der Waals surface area contributed by atoms with Gasteiger partial charge in [-0.3, -0.25) is 0 Å². The first-order valence-electron chi connectivity index (χ1n) is 4.29. The molecule has 0 saturated carbocycles. The molecule has 0 radical (unpaired) electrons. The minimum atomic E-state index is -2.24. The van der Waals surface area contributed by atoms with Gasteiger partial charge in [0.25, 0.3) is 0 Å². The normalized spacial score (nSPS) is 41.2. The molecule has 70 valence electrons. The molecule has 0 bridgehead atoms. The number of allylic oxidation sites excluding steroid dienone is 1. The van der Waals surface area contributed by atoms with Gasteiger partial charge >= 0.3 is 78.3 Å². The SMILES string of the molecule is C=CC(=O)I1(=C)CCC[C@@H](C)C1. The molecular weight excluding hydrogens is 263 g/mol. The van der Waals surface area contributed by atoms with Crippen LogP contribution in [0.4, 0.5) is 0 Å². The van der Waals surface area contributed by atoms with Crippen LogP contribution in [0.2, 0.25) is 0 Å². The fourth-order valence-electron chi connectivity index (χ4n) is 1.67. The van der Waals surface area contributed by atoms with Crippen LogP contribution in [-0.4, -0.2) is 17.2 Å². The van der Waals surface area contributed by atoms with Gasteiger partial charge in [0.2, 0.25) is 0 Å². The molecule has 1 aliphatic rings. The molecule has 1 nitrogen and oxygen atoms in total. The van der Waals surface area contributed by atoms with Gasteiger partial charge in [-0.2, -0.15) is 0 Å². The van der Waals surface area contributed by atoms with E-state index < -0.39 is 18.0 Å². The number of halogens is 1. The molecule has 1 rings (SSSR count). The average molecular weight is 280 g/mol. The van der Waals surface area contributed by atoms with E-state index in [0.717, 1.165) is 14.8 Å². The first-order valence-corrected chi connectivity index (χ1v) is 9.94. The van der Waals surface area contributed by atoms with Gasteiger partial charge in [0.05, 0.1) is 0 Å². The number of rotatable bonds is 2. The zero-order valence-corrected chi connectivity index (χ0v) is 9.84. The molecule has 0 aliphatic carbocycles. The van der Waals surface area contributed by atoms with Gasteiger partial charge < -0.3 is 0 Å². The summed E-state index contributed by atoms with van der Waals surface area (Å²) >= 11 is -2.24. The second-order valence-electron chi connectivity index (χ2n) is 3.57. The van der Waals surface area contributed by atoms with E-state index in [-0.39, 0.29) is 0 Å². The second-order valence-corrected chi connectivity index (χ2v) is 12.1. The first kappa shape index (κ1) is 10.1. The van der Waals surface area contributed by atoms with Crippen molar-refractivity contribution < 1.29 is 4.79 Å². The van der Waals surface area contributed by atoms with Crippen LogP contribution >= 0.6 is 18.0 Å². The van der Waals surface area contributed by atoms with E-state index >= 15 is 0 Å². The Morgan fingerprint density at radius 3 is 2.83 bits per heavy atom. The van der Waals surface area contributed by atoms with Crippen molar-refractivity contribution in [2.75, 3.05) is 8.86 Å². The zero-order chi connectivity index (χ0) is 9.19. The van der Waals surface area contributed by atoms with Crippen LogP contribution in [-0.2, 0) is 4.79 Å².